The second-order valence-corrected chi connectivity index (χ2v) is 14.3. The van der Waals surface area contributed by atoms with Crippen molar-refractivity contribution >= 4 is 5.69 Å². The molecule has 2 atom stereocenters. The van der Waals surface area contributed by atoms with E-state index >= 15 is 0 Å². The van der Waals surface area contributed by atoms with Gasteiger partial charge >= 0.3 is 0 Å². The highest BCUT2D eigenvalue weighted by molar-refractivity contribution is 5.43. The Labute approximate surface area is 272 Å². The third-order valence-corrected chi connectivity index (χ3v) is 9.88. The summed E-state index contributed by atoms with van der Waals surface area (Å²) < 4.78 is 0. The van der Waals surface area contributed by atoms with E-state index in [2.05, 4.69) is 56.4 Å². The average Bonchev–Trinajstić information content (AvgIpc) is 3.02. The normalized spacial score (nSPS) is 12.9. The Balaban J connectivity index is 2.10. The predicted molar refractivity (Wildman–Crippen MR) is 197 cm³/mol. The van der Waals surface area contributed by atoms with Gasteiger partial charge < -0.3 is 5.32 Å². The molecule has 0 bridgehead atoms. The van der Waals surface area contributed by atoms with Crippen LogP contribution in [0.15, 0.2) is 30.3 Å². The number of hydrogen-bond donors (Lipinski definition) is 1. The lowest BCUT2D eigenvalue weighted by molar-refractivity contribution is 0.365. The van der Waals surface area contributed by atoms with Crippen LogP contribution >= 0.6 is 0 Å². The number of unbranched alkanes of at least 4 members (excludes halogenated alkanes) is 25. The fourth-order valence-corrected chi connectivity index (χ4v) is 6.89. The van der Waals surface area contributed by atoms with Gasteiger partial charge in [0.2, 0.25) is 0 Å². The van der Waals surface area contributed by atoms with E-state index in [-0.39, 0.29) is 0 Å². The Hall–Kier alpha value is -0.980. The first-order chi connectivity index (χ1) is 21.3. The zero-order valence-electron chi connectivity index (χ0n) is 30.0. The summed E-state index contributed by atoms with van der Waals surface area (Å²) in [6.45, 7) is 7.00. The zero-order valence-corrected chi connectivity index (χ0v) is 30.0. The Morgan fingerprint density at radius 1 is 0.395 bits per heavy atom. The van der Waals surface area contributed by atoms with E-state index in [0.717, 1.165) is 5.92 Å². The summed E-state index contributed by atoms with van der Waals surface area (Å²) in [4.78, 5) is 0. The highest BCUT2D eigenvalue weighted by Gasteiger charge is 2.11. The molecule has 0 radical (unpaired) electrons. The lowest BCUT2D eigenvalue weighted by Gasteiger charge is -2.21. The number of hydrogen-bond acceptors (Lipinski definition) is 1. The van der Waals surface area contributed by atoms with E-state index in [0.29, 0.717) is 6.04 Å². The summed E-state index contributed by atoms with van der Waals surface area (Å²) in [6.07, 6.45) is 45.0. The van der Waals surface area contributed by atoms with Crippen LogP contribution in [0.3, 0.4) is 0 Å². The zero-order chi connectivity index (χ0) is 30.9. The van der Waals surface area contributed by atoms with Gasteiger partial charge in [0.1, 0.15) is 0 Å². The Morgan fingerprint density at radius 3 is 1.07 bits per heavy atom. The summed E-state index contributed by atoms with van der Waals surface area (Å²) in [7, 11) is 0. The summed E-state index contributed by atoms with van der Waals surface area (Å²) >= 11 is 0. The molecule has 1 rings (SSSR count). The van der Waals surface area contributed by atoms with Crippen LogP contribution < -0.4 is 5.32 Å². The smallest absolute Gasteiger partial charge is 0.0342 e. The molecule has 0 saturated carbocycles. The fourth-order valence-electron chi connectivity index (χ4n) is 6.89. The minimum Gasteiger partial charge on any atom is -0.383 e. The topological polar surface area (TPSA) is 12.0 Å². The first-order valence-electron chi connectivity index (χ1n) is 20.1. The van der Waals surface area contributed by atoms with Crippen molar-refractivity contribution in [2.24, 2.45) is 5.92 Å². The molecule has 1 heteroatoms. The van der Waals surface area contributed by atoms with E-state index in [1.54, 1.807) is 0 Å². The molecule has 0 aromatic heterocycles. The minimum absolute atomic E-state index is 0.563. The predicted octanol–water partition coefficient (Wildman–Crippen LogP) is 15.2. The monoisotopic (exact) mass is 598 g/mol. The maximum Gasteiger partial charge on any atom is 0.0342 e. The van der Waals surface area contributed by atoms with Crippen LogP contribution in [0.25, 0.3) is 0 Å². The van der Waals surface area contributed by atoms with Crippen molar-refractivity contribution in [1.82, 2.24) is 0 Å². The number of benzene rings is 1. The van der Waals surface area contributed by atoms with Gasteiger partial charge in [-0.1, -0.05) is 218 Å². The van der Waals surface area contributed by atoms with Gasteiger partial charge in [-0.25, -0.2) is 0 Å². The molecule has 0 heterocycles. The van der Waals surface area contributed by atoms with Crippen LogP contribution in [-0.2, 0) is 0 Å². The van der Waals surface area contributed by atoms with Gasteiger partial charge in [-0.2, -0.15) is 0 Å². The van der Waals surface area contributed by atoms with E-state index < -0.39 is 0 Å². The van der Waals surface area contributed by atoms with Crippen molar-refractivity contribution in [2.75, 3.05) is 5.32 Å². The van der Waals surface area contributed by atoms with Gasteiger partial charge in [0.05, 0.1) is 0 Å². The molecule has 2 unspecified atom stereocenters. The van der Waals surface area contributed by atoms with Crippen molar-refractivity contribution < 1.29 is 0 Å². The number of nitrogens with one attached hydrogen (secondary N) is 1. The lowest BCUT2D eigenvalue weighted by Crippen LogP contribution is -2.16. The van der Waals surface area contributed by atoms with Crippen LogP contribution in [0, 0.1) is 5.92 Å². The van der Waals surface area contributed by atoms with Crippen molar-refractivity contribution in [3.63, 3.8) is 0 Å². The minimum atomic E-state index is 0.563. The second kappa shape index (κ2) is 32.4. The molecular weight excluding hydrogens is 518 g/mol. The summed E-state index contributed by atoms with van der Waals surface area (Å²) in [5.41, 5.74) is 1.27. The van der Waals surface area contributed by atoms with Crippen LogP contribution in [0.2, 0.25) is 0 Å². The SMILES string of the molecule is CCCCCCCCCCCCCCCCCCCC(CCCCCCCCCCCC)CCC(C)Nc1ccccc1. The van der Waals surface area contributed by atoms with Gasteiger partial charge in [-0.15, -0.1) is 0 Å². The maximum atomic E-state index is 3.73. The molecule has 252 valence electrons. The first kappa shape index (κ1) is 40.0. The van der Waals surface area contributed by atoms with Gasteiger partial charge in [0, 0.05) is 11.7 Å². The number of para-hydroxylation sites is 1. The Morgan fingerprint density at radius 2 is 0.721 bits per heavy atom. The average molecular weight is 598 g/mol. The molecule has 1 nitrogen and oxygen atoms in total. The van der Waals surface area contributed by atoms with Gasteiger partial charge in [-0.05, 0) is 37.8 Å². The first-order valence-corrected chi connectivity index (χ1v) is 20.1. The maximum absolute atomic E-state index is 3.73. The van der Waals surface area contributed by atoms with E-state index in [9.17, 15) is 0 Å². The molecule has 0 fully saturated rings. The Bertz CT molecular complexity index is 640. The van der Waals surface area contributed by atoms with Crippen LogP contribution in [0.4, 0.5) is 5.69 Å². The van der Waals surface area contributed by atoms with Gasteiger partial charge in [0.15, 0.2) is 0 Å². The van der Waals surface area contributed by atoms with Crippen molar-refractivity contribution in [3.05, 3.63) is 30.3 Å². The second-order valence-electron chi connectivity index (χ2n) is 14.3. The van der Waals surface area contributed by atoms with Crippen LogP contribution in [0.1, 0.15) is 220 Å². The highest BCUT2D eigenvalue weighted by Crippen LogP contribution is 2.25. The molecule has 0 spiro atoms. The summed E-state index contributed by atoms with van der Waals surface area (Å²) in [5.74, 6) is 0.936. The summed E-state index contributed by atoms with van der Waals surface area (Å²) in [5, 5.41) is 3.73. The number of rotatable bonds is 34. The summed E-state index contributed by atoms with van der Waals surface area (Å²) in [6, 6.07) is 11.4. The molecule has 1 N–H and O–H groups in total. The van der Waals surface area contributed by atoms with E-state index in [1.165, 1.54) is 205 Å². The lowest BCUT2D eigenvalue weighted by atomic mass is 9.89. The van der Waals surface area contributed by atoms with Crippen molar-refractivity contribution in [3.8, 4) is 0 Å². The standard InChI is InChI=1S/C42H79N/c1-4-6-8-10-12-14-16-17-18-19-20-21-22-24-26-28-31-35-41(34-30-27-25-23-15-13-11-9-7-5-2)39-38-40(3)43-42-36-32-29-33-37-42/h29,32-33,36-37,40-41,43H,4-28,30-31,34-35,38-39H2,1-3H3. The largest absolute Gasteiger partial charge is 0.383 e. The van der Waals surface area contributed by atoms with Crippen molar-refractivity contribution in [1.29, 1.82) is 0 Å². The van der Waals surface area contributed by atoms with E-state index in [1.807, 2.05) is 0 Å². The molecule has 1 aromatic rings. The molecule has 1 aromatic carbocycles. The number of anilines is 1. The molecule has 0 saturated heterocycles. The van der Waals surface area contributed by atoms with Crippen molar-refractivity contribution in [2.45, 2.75) is 226 Å². The van der Waals surface area contributed by atoms with Crippen LogP contribution in [0.5, 0.6) is 0 Å². The van der Waals surface area contributed by atoms with Gasteiger partial charge in [0.25, 0.3) is 0 Å². The quantitative estimate of drug-likeness (QED) is 0.0779. The van der Waals surface area contributed by atoms with Gasteiger partial charge in [-0.3, -0.25) is 0 Å². The van der Waals surface area contributed by atoms with E-state index in [4.69, 9.17) is 0 Å². The third kappa shape index (κ3) is 28.2. The third-order valence-electron chi connectivity index (χ3n) is 9.88. The molecule has 0 aliphatic rings. The Kier molecular flexibility index (Phi) is 30.2. The van der Waals surface area contributed by atoms with Crippen LogP contribution in [-0.4, -0.2) is 6.04 Å². The molecule has 43 heavy (non-hydrogen) atoms. The fraction of sp³-hybridized carbons (Fsp3) is 0.857. The molecular formula is C42H79N. The molecule has 0 aliphatic heterocycles. The molecule has 0 amide bonds. The molecule has 0 aliphatic carbocycles. The highest BCUT2D eigenvalue weighted by atomic mass is 14.9.